The molecule has 1 aliphatic heterocycles. The number of carbonyl (C=O) groups is 1. The summed E-state index contributed by atoms with van der Waals surface area (Å²) >= 11 is 1.49. The first kappa shape index (κ1) is 19.9. The average Bonchev–Trinajstić information content (AvgIpc) is 3.13. The number of nitrogens with zero attached hydrogens (tertiary/aromatic N) is 5. The summed E-state index contributed by atoms with van der Waals surface area (Å²) in [5.74, 6) is 1.10. The van der Waals surface area contributed by atoms with Crippen molar-refractivity contribution < 1.29 is 4.79 Å². The molecular formula is C22H27N5OS. The summed E-state index contributed by atoms with van der Waals surface area (Å²) in [5.41, 5.74) is 5.01. The van der Waals surface area contributed by atoms with E-state index in [1.54, 1.807) is 4.52 Å². The van der Waals surface area contributed by atoms with Crippen molar-refractivity contribution in [3.05, 3.63) is 46.8 Å². The number of aromatic nitrogens is 4. The number of para-hydroxylation sites is 1. The highest BCUT2D eigenvalue weighted by molar-refractivity contribution is 7.98. The number of carbonyl (C=O) groups excluding carboxylic acids is 1. The second kappa shape index (κ2) is 7.78. The highest BCUT2D eigenvalue weighted by Crippen LogP contribution is 2.34. The summed E-state index contributed by atoms with van der Waals surface area (Å²) in [7, 11) is 0. The van der Waals surface area contributed by atoms with Crippen LogP contribution in [0.3, 0.4) is 0 Å². The van der Waals surface area contributed by atoms with Gasteiger partial charge in [-0.25, -0.2) is 9.50 Å². The molecule has 3 aromatic rings. The first-order valence-electron chi connectivity index (χ1n) is 10.1. The standard InChI is InChI=1S/C22H27N5OS/c1-13(2)18-11-10-16-8-6-7-9-19(16)26(18)20(28)12-17-14(3)23-21-24-22(29-5)25-27(21)15(17)4/h6-9,13,18H,10-12H2,1-5H3/t18-/m1/s1. The van der Waals surface area contributed by atoms with Gasteiger partial charge in [0.15, 0.2) is 0 Å². The minimum absolute atomic E-state index is 0.119. The maximum atomic E-state index is 13.6. The van der Waals surface area contributed by atoms with Crippen LogP contribution in [0.5, 0.6) is 0 Å². The highest BCUT2D eigenvalue weighted by Gasteiger charge is 2.33. The Balaban J connectivity index is 1.73. The van der Waals surface area contributed by atoms with Gasteiger partial charge in [-0.05, 0) is 50.5 Å². The number of hydrogen-bond acceptors (Lipinski definition) is 5. The summed E-state index contributed by atoms with van der Waals surface area (Å²) in [6, 6.07) is 8.49. The molecule has 0 radical (unpaired) electrons. The number of benzene rings is 1. The van der Waals surface area contributed by atoms with E-state index in [9.17, 15) is 4.79 Å². The Bertz CT molecular complexity index is 1070. The van der Waals surface area contributed by atoms with Crippen molar-refractivity contribution >= 4 is 29.1 Å². The van der Waals surface area contributed by atoms with E-state index in [4.69, 9.17) is 0 Å². The fourth-order valence-corrected chi connectivity index (χ4v) is 4.62. The van der Waals surface area contributed by atoms with E-state index >= 15 is 0 Å². The molecule has 0 aliphatic carbocycles. The molecule has 0 bridgehead atoms. The van der Waals surface area contributed by atoms with Crippen molar-refractivity contribution in [2.45, 2.75) is 58.2 Å². The van der Waals surface area contributed by atoms with Gasteiger partial charge in [-0.1, -0.05) is 43.8 Å². The quantitative estimate of drug-likeness (QED) is 0.609. The number of fused-ring (bicyclic) bond motifs is 2. The molecule has 6 nitrogen and oxygen atoms in total. The SMILES string of the molecule is CSc1nc2nc(C)c(CC(=O)N3c4ccccc4CC[C@@H]3C(C)C)c(C)n2n1. The van der Waals surface area contributed by atoms with Crippen LogP contribution < -0.4 is 4.90 Å². The highest BCUT2D eigenvalue weighted by atomic mass is 32.2. The lowest BCUT2D eigenvalue weighted by atomic mass is 9.88. The summed E-state index contributed by atoms with van der Waals surface area (Å²) in [5, 5.41) is 5.20. The van der Waals surface area contributed by atoms with Crippen LogP contribution in [0.15, 0.2) is 29.4 Å². The van der Waals surface area contributed by atoms with Gasteiger partial charge in [0.2, 0.25) is 11.1 Å². The Kier molecular flexibility index (Phi) is 5.34. The molecule has 7 heteroatoms. The van der Waals surface area contributed by atoms with Crippen LogP contribution in [-0.2, 0) is 17.6 Å². The van der Waals surface area contributed by atoms with Crippen molar-refractivity contribution in [1.82, 2.24) is 19.6 Å². The Morgan fingerprint density at radius 3 is 2.72 bits per heavy atom. The zero-order valence-corrected chi connectivity index (χ0v) is 18.5. The molecule has 1 aromatic carbocycles. The molecule has 0 saturated heterocycles. The lowest BCUT2D eigenvalue weighted by molar-refractivity contribution is -0.118. The predicted molar refractivity (Wildman–Crippen MR) is 117 cm³/mol. The second-order valence-electron chi connectivity index (χ2n) is 7.99. The van der Waals surface area contributed by atoms with Crippen LogP contribution in [-0.4, -0.2) is 37.8 Å². The minimum atomic E-state index is 0.119. The molecule has 0 fully saturated rings. The third kappa shape index (κ3) is 3.52. The summed E-state index contributed by atoms with van der Waals surface area (Å²) in [4.78, 5) is 24.7. The second-order valence-corrected chi connectivity index (χ2v) is 8.76. The van der Waals surface area contributed by atoms with E-state index in [1.807, 2.05) is 31.1 Å². The lowest BCUT2D eigenvalue weighted by Crippen LogP contribution is -2.47. The van der Waals surface area contributed by atoms with Crippen molar-refractivity contribution in [3.63, 3.8) is 0 Å². The van der Waals surface area contributed by atoms with Gasteiger partial charge in [-0.3, -0.25) is 4.79 Å². The number of hydrogen-bond donors (Lipinski definition) is 0. The third-order valence-corrected chi connectivity index (χ3v) is 6.41. The van der Waals surface area contributed by atoms with Crippen molar-refractivity contribution in [3.8, 4) is 0 Å². The minimum Gasteiger partial charge on any atom is -0.309 e. The monoisotopic (exact) mass is 409 g/mol. The zero-order chi connectivity index (χ0) is 20.7. The van der Waals surface area contributed by atoms with Crippen LogP contribution in [0.1, 0.15) is 42.8 Å². The Morgan fingerprint density at radius 1 is 1.24 bits per heavy atom. The maximum absolute atomic E-state index is 13.6. The lowest BCUT2D eigenvalue weighted by Gasteiger charge is -2.39. The molecule has 0 N–H and O–H groups in total. The Morgan fingerprint density at radius 2 is 2.00 bits per heavy atom. The fourth-order valence-electron chi connectivity index (χ4n) is 4.29. The van der Waals surface area contributed by atoms with Crippen LogP contribution >= 0.6 is 11.8 Å². The van der Waals surface area contributed by atoms with E-state index in [2.05, 4.69) is 47.1 Å². The number of amides is 1. The van der Waals surface area contributed by atoms with Gasteiger partial charge in [0, 0.05) is 28.7 Å². The van der Waals surface area contributed by atoms with Gasteiger partial charge >= 0.3 is 0 Å². The van der Waals surface area contributed by atoms with Gasteiger partial charge in [-0.2, -0.15) is 4.98 Å². The third-order valence-electron chi connectivity index (χ3n) is 5.87. The van der Waals surface area contributed by atoms with Gasteiger partial charge in [0.1, 0.15) is 0 Å². The Labute approximate surface area is 175 Å². The van der Waals surface area contributed by atoms with Crippen molar-refractivity contribution in [2.75, 3.05) is 11.2 Å². The molecule has 0 unspecified atom stereocenters. The fraction of sp³-hybridized carbons (Fsp3) is 0.455. The normalized spacial score (nSPS) is 16.5. The van der Waals surface area contributed by atoms with Crippen molar-refractivity contribution in [2.24, 2.45) is 5.92 Å². The molecule has 29 heavy (non-hydrogen) atoms. The molecule has 4 rings (SSSR count). The van der Waals surface area contributed by atoms with Crippen LogP contribution in [0.25, 0.3) is 5.78 Å². The molecule has 3 heterocycles. The van der Waals surface area contributed by atoms with E-state index in [0.717, 1.165) is 35.5 Å². The van der Waals surface area contributed by atoms with Crippen LogP contribution in [0, 0.1) is 19.8 Å². The Hall–Kier alpha value is -2.41. The molecule has 1 atom stereocenters. The summed E-state index contributed by atoms with van der Waals surface area (Å²) < 4.78 is 1.76. The predicted octanol–water partition coefficient (Wildman–Crippen LogP) is 4.01. The molecular weight excluding hydrogens is 382 g/mol. The molecule has 1 amide bonds. The largest absolute Gasteiger partial charge is 0.309 e. The summed E-state index contributed by atoms with van der Waals surface area (Å²) in [6.07, 6.45) is 4.27. The van der Waals surface area contributed by atoms with E-state index < -0.39 is 0 Å². The maximum Gasteiger partial charge on any atom is 0.253 e. The van der Waals surface area contributed by atoms with E-state index in [-0.39, 0.29) is 11.9 Å². The first-order chi connectivity index (χ1) is 13.9. The van der Waals surface area contributed by atoms with E-state index in [0.29, 0.717) is 23.3 Å². The van der Waals surface area contributed by atoms with Crippen molar-refractivity contribution in [1.29, 1.82) is 0 Å². The number of rotatable bonds is 4. The molecule has 1 aliphatic rings. The van der Waals surface area contributed by atoms with Gasteiger partial charge in [-0.15, -0.1) is 5.10 Å². The number of anilines is 1. The smallest absolute Gasteiger partial charge is 0.253 e. The van der Waals surface area contributed by atoms with E-state index in [1.165, 1.54) is 17.3 Å². The molecule has 0 spiro atoms. The number of thioether (sulfide) groups is 1. The molecule has 2 aromatic heterocycles. The van der Waals surface area contributed by atoms with Gasteiger partial charge in [0.25, 0.3) is 5.78 Å². The number of aryl methyl sites for hydroxylation is 3. The molecule has 0 saturated carbocycles. The molecule has 152 valence electrons. The first-order valence-corrected chi connectivity index (χ1v) is 11.3. The van der Waals surface area contributed by atoms with Gasteiger partial charge in [0.05, 0.1) is 6.42 Å². The van der Waals surface area contributed by atoms with Crippen LogP contribution in [0.2, 0.25) is 0 Å². The topological polar surface area (TPSA) is 63.4 Å². The average molecular weight is 410 g/mol. The van der Waals surface area contributed by atoms with Gasteiger partial charge < -0.3 is 4.90 Å². The zero-order valence-electron chi connectivity index (χ0n) is 17.6. The summed E-state index contributed by atoms with van der Waals surface area (Å²) in [6.45, 7) is 8.34. The van der Waals surface area contributed by atoms with Crippen LogP contribution in [0.4, 0.5) is 5.69 Å².